The Hall–Kier alpha value is -2.65. The minimum absolute atomic E-state index is 0.151. The van der Waals surface area contributed by atoms with Crippen LogP contribution >= 0.6 is 24.0 Å². The second-order valence-electron chi connectivity index (χ2n) is 5.03. The Morgan fingerprint density at radius 2 is 2.08 bits per heavy atom. The minimum Gasteiger partial charge on any atom is -0.454 e. The van der Waals surface area contributed by atoms with Crippen LogP contribution in [0.5, 0.6) is 11.5 Å². The standard InChI is InChI=1S/C16H12N2O5S2/c19-8-11-2-4-15(12(5-11)18(20)21)25-16(24)17-7-10-1-3-13-14(6-10)23-9-22-13/h1-6,8H,7,9H2,(H,17,24). The molecule has 0 radical (unpaired) electrons. The number of nitro groups is 1. The predicted molar refractivity (Wildman–Crippen MR) is 96.3 cm³/mol. The van der Waals surface area contributed by atoms with Crippen LogP contribution in [0.2, 0.25) is 0 Å². The third kappa shape index (κ3) is 4.06. The van der Waals surface area contributed by atoms with Gasteiger partial charge in [0.2, 0.25) is 6.79 Å². The van der Waals surface area contributed by atoms with Gasteiger partial charge in [-0.2, -0.15) is 0 Å². The lowest BCUT2D eigenvalue weighted by Gasteiger charge is -2.09. The molecule has 0 saturated carbocycles. The number of carbonyl (C=O) groups is 1. The number of aldehydes is 1. The van der Waals surface area contributed by atoms with E-state index in [1.807, 2.05) is 18.2 Å². The lowest BCUT2D eigenvalue weighted by atomic mass is 10.2. The van der Waals surface area contributed by atoms with Gasteiger partial charge in [0.1, 0.15) is 10.6 Å². The molecule has 0 aliphatic carbocycles. The summed E-state index contributed by atoms with van der Waals surface area (Å²) in [5, 5.41) is 14.2. The summed E-state index contributed by atoms with van der Waals surface area (Å²) < 4.78 is 11.0. The predicted octanol–water partition coefficient (Wildman–Crippen LogP) is 3.30. The van der Waals surface area contributed by atoms with E-state index in [1.54, 1.807) is 0 Å². The van der Waals surface area contributed by atoms with E-state index in [9.17, 15) is 14.9 Å². The fourth-order valence-electron chi connectivity index (χ4n) is 2.20. The van der Waals surface area contributed by atoms with E-state index < -0.39 is 4.92 Å². The average Bonchev–Trinajstić information content (AvgIpc) is 3.07. The van der Waals surface area contributed by atoms with E-state index in [0.717, 1.165) is 17.3 Å². The van der Waals surface area contributed by atoms with Gasteiger partial charge in [0, 0.05) is 18.2 Å². The van der Waals surface area contributed by atoms with Crippen molar-refractivity contribution >= 4 is 40.3 Å². The third-order valence-corrected chi connectivity index (χ3v) is 4.68. The number of thioether (sulfide) groups is 1. The van der Waals surface area contributed by atoms with Crippen LogP contribution in [-0.2, 0) is 6.54 Å². The van der Waals surface area contributed by atoms with Gasteiger partial charge >= 0.3 is 0 Å². The lowest BCUT2D eigenvalue weighted by Crippen LogP contribution is -2.17. The normalized spacial score (nSPS) is 11.8. The van der Waals surface area contributed by atoms with Crippen molar-refractivity contribution in [1.82, 2.24) is 5.32 Å². The highest BCUT2D eigenvalue weighted by atomic mass is 32.2. The Morgan fingerprint density at radius 3 is 2.84 bits per heavy atom. The molecule has 0 saturated heterocycles. The Bertz CT molecular complexity index is 856. The van der Waals surface area contributed by atoms with Crippen LogP contribution in [-0.4, -0.2) is 22.3 Å². The molecule has 25 heavy (non-hydrogen) atoms. The molecule has 0 bridgehead atoms. The van der Waals surface area contributed by atoms with Gasteiger partial charge in [-0.15, -0.1) is 0 Å². The molecule has 3 rings (SSSR count). The van der Waals surface area contributed by atoms with Gasteiger partial charge in [-0.25, -0.2) is 0 Å². The number of nitro benzene ring substituents is 1. The molecule has 0 aromatic heterocycles. The van der Waals surface area contributed by atoms with Gasteiger partial charge in [-0.1, -0.05) is 36.1 Å². The van der Waals surface area contributed by atoms with Crippen molar-refractivity contribution < 1.29 is 19.2 Å². The van der Waals surface area contributed by atoms with Crippen molar-refractivity contribution in [3.63, 3.8) is 0 Å². The van der Waals surface area contributed by atoms with Crippen LogP contribution < -0.4 is 14.8 Å². The zero-order chi connectivity index (χ0) is 17.8. The Morgan fingerprint density at radius 1 is 1.28 bits per heavy atom. The summed E-state index contributed by atoms with van der Waals surface area (Å²) >= 11 is 6.31. The molecule has 1 aliphatic heterocycles. The number of rotatable bonds is 5. The van der Waals surface area contributed by atoms with Crippen LogP contribution in [0.1, 0.15) is 15.9 Å². The molecule has 2 aromatic carbocycles. The first-order chi connectivity index (χ1) is 12.1. The largest absolute Gasteiger partial charge is 0.454 e. The first-order valence-electron chi connectivity index (χ1n) is 7.14. The van der Waals surface area contributed by atoms with Crippen LogP contribution in [0.15, 0.2) is 41.3 Å². The fourth-order valence-corrected chi connectivity index (χ4v) is 3.26. The second kappa shape index (κ2) is 7.49. The molecule has 0 fully saturated rings. The minimum atomic E-state index is -0.532. The van der Waals surface area contributed by atoms with E-state index in [1.165, 1.54) is 18.2 Å². The summed E-state index contributed by atoms with van der Waals surface area (Å²) in [6.07, 6.45) is 0.567. The fraction of sp³-hybridized carbons (Fsp3) is 0.125. The topological polar surface area (TPSA) is 90.7 Å². The number of ether oxygens (including phenoxy) is 2. The summed E-state index contributed by atoms with van der Waals surface area (Å²) in [4.78, 5) is 21.8. The Balaban J connectivity index is 1.65. The number of hydrogen-bond acceptors (Lipinski definition) is 7. The monoisotopic (exact) mass is 376 g/mol. The summed E-state index contributed by atoms with van der Waals surface area (Å²) in [5.41, 5.74) is 1.04. The number of nitrogens with zero attached hydrogens (tertiary/aromatic N) is 1. The summed E-state index contributed by atoms with van der Waals surface area (Å²) in [7, 11) is 0. The maximum absolute atomic E-state index is 11.1. The molecule has 2 aromatic rings. The molecule has 0 atom stereocenters. The van der Waals surface area contributed by atoms with Crippen LogP contribution in [0.3, 0.4) is 0 Å². The molecule has 1 aliphatic rings. The number of benzene rings is 2. The van der Waals surface area contributed by atoms with Crippen LogP contribution in [0.25, 0.3) is 0 Å². The van der Waals surface area contributed by atoms with Crippen LogP contribution in [0.4, 0.5) is 5.69 Å². The Labute approximate surface area is 152 Å². The Kier molecular flexibility index (Phi) is 5.15. The quantitative estimate of drug-likeness (QED) is 0.279. The van der Waals surface area contributed by atoms with E-state index in [-0.39, 0.29) is 18.0 Å². The summed E-state index contributed by atoms with van der Waals surface area (Å²) in [6.45, 7) is 0.656. The number of nitrogens with one attached hydrogen (secondary N) is 1. The highest BCUT2D eigenvalue weighted by Gasteiger charge is 2.17. The second-order valence-corrected chi connectivity index (χ2v) is 6.75. The molecular weight excluding hydrogens is 364 g/mol. The third-order valence-electron chi connectivity index (χ3n) is 3.39. The smallest absolute Gasteiger partial charge is 0.284 e. The molecule has 128 valence electrons. The molecule has 0 spiro atoms. The van der Waals surface area contributed by atoms with Gasteiger partial charge < -0.3 is 14.8 Å². The SMILES string of the molecule is O=Cc1ccc(SC(=S)NCc2ccc3c(c2)OCO3)c([N+](=O)[O-])c1. The van der Waals surface area contributed by atoms with Crippen LogP contribution in [0, 0.1) is 10.1 Å². The van der Waals surface area contributed by atoms with Crippen molar-refractivity contribution in [1.29, 1.82) is 0 Å². The van der Waals surface area contributed by atoms with Gasteiger partial charge in [-0.3, -0.25) is 14.9 Å². The van der Waals surface area contributed by atoms with Gasteiger partial charge in [0.15, 0.2) is 11.5 Å². The van der Waals surface area contributed by atoms with E-state index in [2.05, 4.69) is 5.32 Å². The summed E-state index contributed by atoms with van der Waals surface area (Å²) in [5.74, 6) is 1.38. The maximum atomic E-state index is 11.1. The molecule has 9 heteroatoms. The van der Waals surface area contributed by atoms with Crippen molar-refractivity contribution in [3.05, 3.63) is 57.6 Å². The zero-order valence-corrected chi connectivity index (χ0v) is 14.4. The van der Waals surface area contributed by atoms with E-state index >= 15 is 0 Å². The first-order valence-corrected chi connectivity index (χ1v) is 8.37. The molecule has 1 N–H and O–H groups in total. The first kappa shape index (κ1) is 17.2. The zero-order valence-electron chi connectivity index (χ0n) is 12.8. The van der Waals surface area contributed by atoms with Gasteiger partial charge in [0.05, 0.1) is 9.82 Å². The molecule has 0 unspecified atom stereocenters. The molecule has 7 nitrogen and oxygen atoms in total. The number of fused-ring (bicyclic) bond motifs is 1. The van der Waals surface area contributed by atoms with Crippen molar-refractivity contribution in [2.45, 2.75) is 11.4 Å². The van der Waals surface area contributed by atoms with Gasteiger partial charge in [0.25, 0.3) is 5.69 Å². The van der Waals surface area contributed by atoms with Crippen molar-refractivity contribution in [2.75, 3.05) is 6.79 Å². The lowest BCUT2D eigenvalue weighted by molar-refractivity contribution is -0.387. The number of thiocarbonyl (C=S) groups is 1. The number of carbonyl (C=O) groups excluding carboxylic acids is 1. The molecular formula is C16H12N2O5S2. The van der Waals surface area contributed by atoms with Crippen molar-refractivity contribution in [2.24, 2.45) is 0 Å². The number of hydrogen-bond donors (Lipinski definition) is 1. The van der Waals surface area contributed by atoms with Gasteiger partial charge in [-0.05, 0) is 23.8 Å². The van der Waals surface area contributed by atoms with E-state index in [0.29, 0.717) is 33.5 Å². The highest BCUT2D eigenvalue weighted by Crippen LogP contribution is 2.33. The average molecular weight is 376 g/mol. The molecule has 0 amide bonds. The summed E-state index contributed by atoms with van der Waals surface area (Å²) in [6, 6.07) is 9.82. The van der Waals surface area contributed by atoms with Crippen molar-refractivity contribution in [3.8, 4) is 11.5 Å². The molecule has 1 heterocycles. The highest BCUT2D eigenvalue weighted by molar-refractivity contribution is 8.23. The van der Waals surface area contributed by atoms with E-state index in [4.69, 9.17) is 21.7 Å². The maximum Gasteiger partial charge on any atom is 0.284 e.